The van der Waals surface area contributed by atoms with Gasteiger partial charge in [0.15, 0.2) is 5.82 Å². The summed E-state index contributed by atoms with van der Waals surface area (Å²) in [5.41, 5.74) is 5.08. The minimum absolute atomic E-state index is 0.175. The van der Waals surface area contributed by atoms with Crippen molar-refractivity contribution in [2.45, 2.75) is 13.8 Å². The Labute approximate surface area is 127 Å². The Hall–Kier alpha value is -1.78. The maximum Gasteiger partial charge on any atom is 0.165 e. The molecule has 0 aliphatic heterocycles. The topological polar surface area (TPSA) is 57.5 Å². The molecule has 0 radical (unpaired) electrons. The zero-order valence-electron chi connectivity index (χ0n) is 11.0. The standard InChI is InChI=1S/C14H13Cl2N3O/c1-8-3-4-13(20)11(5-8)9(2)18-19-14-12(16)6-10(15)7-17-14/h3-7,20H,1-2H3,(H,17,19)/b18-9+. The van der Waals surface area contributed by atoms with Crippen LogP contribution in [0.4, 0.5) is 5.82 Å². The van der Waals surface area contributed by atoms with E-state index in [0.717, 1.165) is 5.56 Å². The number of aryl methyl sites for hydroxylation is 1. The Morgan fingerprint density at radius 1 is 1.30 bits per heavy atom. The van der Waals surface area contributed by atoms with Crippen LogP contribution in [0.5, 0.6) is 5.75 Å². The van der Waals surface area contributed by atoms with E-state index in [1.165, 1.54) is 6.20 Å². The predicted molar refractivity (Wildman–Crippen MR) is 82.9 cm³/mol. The van der Waals surface area contributed by atoms with Crippen molar-refractivity contribution < 1.29 is 5.11 Å². The van der Waals surface area contributed by atoms with Crippen LogP contribution in [0.15, 0.2) is 35.6 Å². The molecule has 104 valence electrons. The molecular formula is C14H13Cl2N3O. The smallest absolute Gasteiger partial charge is 0.165 e. The summed E-state index contributed by atoms with van der Waals surface area (Å²) < 4.78 is 0. The fourth-order valence-corrected chi connectivity index (χ4v) is 2.06. The third-order valence-corrected chi connectivity index (χ3v) is 3.17. The number of pyridine rings is 1. The average molecular weight is 310 g/mol. The van der Waals surface area contributed by atoms with Crippen LogP contribution in [0.2, 0.25) is 10.0 Å². The number of aromatic nitrogens is 1. The molecule has 0 amide bonds. The molecule has 0 bridgehead atoms. The molecule has 4 nitrogen and oxygen atoms in total. The highest BCUT2D eigenvalue weighted by Crippen LogP contribution is 2.23. The summed E-state index contributed by atoms with van der Waals surface area (Å²) in [6.07, 6.45) is 1.48. The van der Waals surface area contributed by atoms with Gasteiger partial charge >= 0.3 is 0 Å². The van der Waals surface area contributed by atoms with Gasteiger partial charge < -0.3 is 5.11 Å². The number of hydrazone groups is 1. The third-order valence-electron chi connectivity index (χ3n) is 2.68. The van der Waals surface area contributed by atoms with Gasteiger partial charge in [0.2, 0.25) is 0 Å². The van der Waals surface area contributed by atoms with E-state index in [-0.39, 0.29) is 5.75 Å². The molecule has 2 rings (SSSR count). The van der Waals surface area contributed by atoms with Crippen LogP contribution >= 0.6 is 23.2 Å². The lowest BCUT2D eigenvalue weighted by Crippen LogP contribution is -2.02. The number of anilines is 1. The lowest BCUT2D eigenvalue weighted by atomic mass is 10.1. The van der Waals surface area contributed by atoms with E-state index in [0.29, 0.717) is 27.1 Å². The molecule has 6 heteroatoms. The Morgan fingerprint density at radius 2 is 2.05 bits per heavy atom. The van der Waals surface area contributed by atoms with Gasteiger partial charge in [-0.25, -0.2) is 4.98 Å². The number of aromatic hydroxyl groups is 1. The maximum absolute atomic E-state index is 9.83. The van der Waals surface area contributed by atoms with E-state index in [4.69, 9.17) is 23.2 Å². The molecule has 0 atom stereocenters. The molecule has 1 aromatic carbocycles. The summed E-state index contributed by atoms with van der Waals surface area (Å²) >= 11 is 11.8. The van der Waals surface area contributed by atoms with E-state index in [1.54, 1.807) is 19.1 Å². The number of halogens is 2. The van der Waals surface area contributed by atoms with Crippen molar-refractivity contribution in [3.8, 4) is 5.75 Å². The second-order valence-electron chi connectivity index (χ2n) is 4.31. The first-order valence-corrected chi connectivity index (χ1v) is 6.64. The van der Waals surface area contributed by atoms with Crippen LogP contribution in [-0.2, 0) is 0 Å². The molecule has 0 saturated heterocycles. The van der Waals surface area contributed by atoms with Gasteiger partial charge in [-0.1, -0.05) is 34.8 Å². The fourth-order valence-electron chi connectivity index (χ4n) is 1.63. The molecule has 0 unspecified atom stereocenters. The molecule has 0 fully saturated rings. The largest absolute Gasteiger partial charge is 0.507 e. The van der Waals surface area contributed by atoms with Gasteiger partial charge in [0, 0.05) is 11.8 Å². The number of benzene rings is 1. The van der Waals surface area contributed by atoms with E-state index in [2.05, 4.69) is 15.5 Å². The van der Waals surface area contributed by atoms with Crippen molar-refractivity contribution in [3.05, 3.63) is 51.6 Å². The summed E-state index contributed by atoms with van der Waals surface area (Å²) in [5, 5.41) is 14.8. The van der Waals surface area contributed by atoms with E-state index >= 15 is 0 Å². The lowest BCUT2D eigenvalue weighted by molar-refractivity contribution is 0.474. The van der Waals surface area contributed by atoms with Gasteiger partial charge in [0.1, 0.15) is 5.75 Å². The molecular weight excluding hydrogens is 297 g/mol. The Balaban J connectivity index is 2.24. The summed E-state index contributed by atoms with van der Waals surface area (Å²) in [4.78, 5) is 4.04. The summed E-state index contributed by atoms with van der Waals surface area (Å²) in [7, 11) is 0. The second-order valence-corrected chi connectivity index (χ2v) is 5.16. The van der Waals surface area contributed by atoms with Gasteiger partial charge in [-0.3, -0.25) is 5.43 Å². The molecule has 2 N–H and O–H groups in total. The molecule has 1 aromatic heterocycles. The number of rotatable bonds is 3. The molecule has 0 aliphatic carbocycles. The minimum Gasteiger partial charge on any atom is -0.507 e. The van der Waals surface area contributed by atoms with Gasteiger partial charge in [-0.15, -0.1) is 0 Å². The fraction of sp³-hybridized carbons (Fsp3) is 0.143. The van der Waals surface area contributed by atoms with Crippen LogP contribution in [0.25, 0.3) is 0 Å². The maximum atomic E-state index is 9.83. The Kier molecular flexibility index (Phi) is 4.47. The van der Waals surface area contributed by atoms with E-state index in [1.807, 2.05) is 19.1 Å². The quantitative estimate of drug-likeness (QED) is 0.658. The monoisotopic (exact) mass is 309 g/mol. The Morgan fingerprint density at radius 3 is 2.75 bits per heavy atom. The van der Waals surface area contributed by atoms with Gasteiger partial charge in [0.05, 0.1) is 15.8 Å². The summed E-state index contributed by atoms with van der Waals surface area (Å²) in [6, 6.07) is 6.90. The average Bonchev–Trinajstić information content (AvgIpc) is 2.40. The highest BCUT2D eigenvalue weighted by Gasteiger charge is 2.06. The van der Waals surface area contributed by atoms with E-state index < -0.39 is 0 Å². The normalized spacial score (nSPS) is 11.5. The van der Waals surface area contributed by atoms with Crippen molar-refractivity contribution in [1.82, 2.24) is 4.98 Å². The predicted octanol–water partition coefficient (Wildman–Crippen LogP) is 4.24. The Bertz CT molecular complexity index is 671. The number of nitrogens with one attached hydrogen (secondary N) is 1. The van der Waals surface area contributed by atoms with Crippen molar-refractivity contribution in [2.75, 3.05) is 5.43 Å². The highest BCUT2D eigenvalue weighted by atomic mass is 35.5. The molecule has 0 spiro atoms. The number of phenolic OH excluding ortho intramolecular Hbond substituents is 1. The number of phenols is 1. The zero-order valence-corrected chi connectivity index (χ0v) is 12.5. The van der Waals surface area contributed by atoms with Crippen LogP contribution in [-0.4, -0.2) is 15.8 Å². The minimum atomic E-state index is 0.175. The number of hydrogen-bond acceptors (Lipinski definition) is 4. The highest BCUT2D eigenvalue weighted by molar-refractivity contribution is 6.35. The van der Waals surface area contributed by atoms with Crippen molar-refractivity contribution in [3.63, 3.8) is 0 Å². The van der Waals surface area contributed by atoms with Crippen LogP contribution in [0.3, 0.4) is 0 Å². The number of hydrogen-bond donors (Lipinski definition) is 2. The summed E-state index contributed by atoms with van der Waals surface area (Å²) in [5.74, 6) is 0.580. The first-order valence-electron chi connectivity index (χ1n) is 5.88. The van der Waals surface area contributed by atoms with Crippen LogP contribution in [0.1, 0.15) is 18.1 Å². The molecule has 0 saturated carbocycles. The van der Waals surface area contributed by atoms with Gasteiger partial charge in [-0.2, -0.15) is 5.10 Å². The SMILES string of the molecule is C/C(=N\Nc1ncc(Cl)cc1Cl)c1cc(C)ccc1O. The molecule has 1 heterocycles. The van der Waals surface area contributed by atoms with Crippen LogP contribution < -0.4 is 5.43 Å². The van der Waals surface area contributed by atoms with Crippen molar-refractivity contribution >= 4 is 34.7 Å². The second kappa shape index (κ2) is 6.11. The molecule has 2 aromatic rings. The first kappa shape index (κ1) is 14.6. The molecule has 20 heavy (non-hydrogen) atoms. The first-order chi connectivity index (χ1) is 9.47. The number of nitrogens with zero attached hydrogens (tertiary/aromatic N) is 2. The van der Waals surface area contributed by atoms with Gasteiger partial charge in [-0.05, 0) is 32.0 Å². The van der Waals surface area contributed by atoms with E-state index in [9.17, 15) is 5.11 Å². The lowest BCUT2D eigenvalue weighted by Gasteiger charge is -2.07. The zero-order chi connectivity index (χ0) is 14.7. The van der Waals surface area contributed by atoms with Crippen molar-refractivity contribution in [2.24, 2.45) is 5.10 Å². The van der Waals surface area contributed by atoms with Gasteiger partial charge in [0.25, 0.3) is 0 Å². The molecule has 0 aliphatic rings. The summed E-state index contributed by atoms with van der Waals surface area (Å²) in [6.45, 7) is 3.73. The third kappa shape index (κ3) is 3.40. The van der Waals surface area contributed by atoms with Crippen molar-refractivity contribution in [1.29, 1.82) is 0 Å². The van der Waals surface area contributed by atoms with Crippen LogP contribution in [0, 0.1) is 6.92 Å².